The summed E-state index contributed by atoms with van der Waals surface area (Å²) in [6, 6.07) is 6.08. The standard InChI is InChI=1S/C34H46N6O7/c1-34(2,3)47-33(43)40-15-10-12-22(21-40)11-6-9-16-46-28-19-23(31(37)41)17-25(35)30(28)39-14-8-7-13-38-29-26(36)18-24(32(42)45-5)20-27(29)44-4/h7-8,17-20,22,38-39H,10-16,21,35-36H2,1-5H3,(H2,37,41)/b8-7+. The van der Waals surface area contributed by atoms with Crippen molar-refractivity contribution >= 4 is 40.7 Å². The van der Waals surface area contributed by atoms with Gasteiger partial charge in [-0.05, 0) is 63.8 Å². The van der Waals surface area contributed by atoms with Crippen molar-refractivity contribution in [3.63, 3.8) is 0 Å². The number of carbonyl (C=O) groups excluding carboxylic acids is 3. The van der Waals surface area contributed by atoms with Gasteiger partial charge in [0, 0.05) is 38.2 Å². The lowest BCUT2D eigenvalue weighted by atomic mass is 9.95. The monoisotopic (exact) mass is 650 g/mol. The molecule has 254 valence electrons. The molecule has 1 atom stereocenters. The first kappa shape index (κ1) is 36.2. The van der Waals surface area contributed by atoms with Gasteiger partial charge >= 0.3 is 12.1 Å². The van der Waals surface area contributed by atoms with E-state index in [9.17, 15) is 14.4 Å². The molecule has 0 radical (unpaired) electrons. The number of amides is 2. The fraction of sp³-hybridized carbons (Fsp3) is 0.441. The molecule has 0 spiro atoms. The lowest BCUT2D eigenvalue weighted by Crippen LogP contribution is -2.42. The van der Waals surface area contributed by atoms with Crippen LogP contribution in [0.25, 0.3) is 0 Å². The summed E-state index contributed by atoms with van der Waals surface area (Å²) in [5, 5.41) is 6.40. The van der Waals surface area contributed by atoms with Gasteiger partial charge < -0.3 is 51.7 Å². The third kappa shape index (κ3) is 11.0. The number of benzene rings is 2. The number of piperidine rings is 1. The summed E-state index contributed by atoms with van der Waals surface area (Å²) in [6.45, 7) is 7.70. The molecule has 13 nitrogen and oxygen atoms in total. The molecular formula is C34H46N6O7. The smallest absolute Gasteiger partial charge is 0.410 e. The van der Waals surface area contributed by atoms with Gasteiger partial charge in [-0.2, -0.15) is 0 Å². The molecule has 13 heteroatoms. The highest BCUT2D eigenvalue weighted by Gasteiger charge is 2.27. The first-order valence-electron chi connectivity index (χ1n) is 15.3. The Bertz CT molecular complexity index is 1520. The Kier molecular flexibility index (Phi) is 13.0. The number of nitrogens with two attached hydrogens (primary N) is 3. The summed E-state index contributed by atoms with van der Waals surface area (Å²) in [5.41, 5.74) is 19.5. The topological polar surface area (TPSA) is 193 Å². The number of methoxy groups -OCH3 is 2. The highest BCUT2D eigenvalue weighted by atomic mass is 16.6. The number of nitrogens with one attached hydrogen (secondary N) is 2. The Morgan fingerprint density at radius 1 is 0.957 bits per heavy atom. The maximum absolute atomic E-state index is 12.5. The van der Waals surface area contributed by atoms with Crippen LogP contribution in [0, 0.1) is 17.8 Å². The largest absolute Gasteiger partial charge is 0.494 e. The predicted octanol–water partition coefficient (Wildman–Crippen LogP) is 4.24. The Hall–Kier alpha value is -5.25. The number of esters is 1. The van der Waals surface area contributed by atoms with Crippen molar-refractivity contribution in [1.29, 1.82) is 0 Å². The number of rotatable bonds is 12. The first-order valence-corrected chi connectivity index (χ1v) is 15.3. The summed E-state index contributed by atoms with van der Waals surface area (Å²) >= 11 is 0. The van der Waals surface area contributed by atoms with E-state index in [-0.39, 0.29) is 29.7 Å². The third-order valence-corrected chi connectivity index (χ3v) is 7.14. The molecule has 1 fully saturated rings. The second-order valence-corrected chi connectivity index (χ2v) is 12.0. The number of carbonyl (C=O) groups is 3. The molecule has 1 unspecified atom stereocenters. The third-order valence-electron chi connectivity index (χ3n) is 7.14. The van der Waals surface area contributed by atoms with E-state index in [2.05, 4.69) is 22.5 Å². The Morgan fingerprint density at radius 2 is 1.57 bits per heavy atom. The molecular weight excluding hydrogens is 604 g/mol. The second-order valence-electron chi connectivity index (χ2n) is 12.0. The highest BCUT2D eigenvalue weighted by Crippen LogP contribution is 2.34. The van der Waals surface area contributed by atoms with Crippen LogP contribution in [-0.4, -0.2) is 75.5 Å². The average Bonchev–Trinajstić information content (AvgIpc) is 3.02. The second kappa shape index (κ2) is 16.9. The fourth-order valence-electron chi connectivity index (χ4n) is 4.90. The van der Waals surface area contributed by atoms with Gasteiger partial charge in [-0.15, -0.1) is 0 Å². The molecule has 1 aliphatic heterocycles. The van der Waals surface area contributed by atoms with E-state index in [4.69, 9.17) is 36.1 Å². The van der Waals surface area contributed by atoms with Gasteiger partial charge in [-0.25, -0.2) is 9.59 Å². The Morgan fingerprint density at radius 3 is 2.17 bits per heavy atom. The normalized spacial score (nSPS) is 14.5. The van der Waals surface area contributed by atoms with E-state index in [0.717, 1.165) is 12.8 Å². The Balaban J connectivity index is 1.57. The van der Waals surface area contributed by atoms with Crippen molar-refractivity contribution in [2.24, 2.45) is 11.7 Å². The maximum Gasteiger partial charge on any atom is 0.410 e. The van der Waals surface area contributed by atoms with Crippen molar-refractivity contribution in [3.8, 4) is 23.3 Å². The number of hydrogen-bond donors (Lipinski definition) is 5. The molecule has 0 aliphatic carbocycles. The molecule has 8 N–H and O–H groups in total. The summed E-state index contributed by atoms with van der Waals surface area (Å²) in [4.78, 5) is 37.9. The average molecular weight is 651 g/mol. The van der Waals surface area contributed by atoms with Gasteiger partial charge in [-0.1, -0.05) is 24.0 Å². The molecule has 0 saturated carbocycles. The molecule has 0 aromatic heterocycles. The number of anilines is 4. The Labute approximate surface area is 276 Å². The van der Waals surface area contributed by atoms with Gasteiger partial charge in [0.15, 0.2) is 0 Å². The highest BCUT2D eigenvalue weighted by molar-refractivity contribution is 5.96. The molecule has 2 aromatic rings. The van der Waals surface area contributed by atoms with Gasteiger partial charge in [0.1, 0.15) is 35.1 Å². The summed E-state index contributed by atoms with van der Waals surface area (Å²) in [7, 11) is 2.78. The van der Waals surface area contributed by atoms with Crippen molar-refractivity contribution in [2.45, 2.75) is 45.6 Å². The van der Waals surface area contributed by atoms with Crippen LogP contribution < -0.4 is 37.3 Å². The predicted molar refractivity (Wildman–Crippen MR) is 183 cm³/mol. The first-order chi connectivity index (χ1) is 22.3. The lowest BCUT2D eigenvalue weighted by molar-refractivity contribution is 0.0168. The van der Waals surface area contributed by atoms with Crippen LogP contribution in [0.2, 0.25) is 0 Å². The van der Waals surface area contributed by atoms with E-state index >= 15 is 0 Å². The number of primary amides is 1. The van der Waals surface area contributed by atoms with Crippen molar-refractivity contribution in [3.05, 3.63) is 47.5 Å². The van der Waals surface area contributed by atoms with Crippen molar-refractivity contribution in [2.75, 3.05) is 69.1 Å². The van der Waals surface area contributed by atoms with Crippen molar-refractivity contribution in [1.82, 2.24) is 4.90 Å². The molecule has 2 amide bonds. The maximum atomic E-state index is 12.5. The summed E-state index contributed by atoms with van der Waals surface area (Å²) < 4.78 is 21.6. The number of hydrogen-bond acceptors (Lipinski definition) is 11. The minimum Gasteiger partial charge on any atom is -0.494 e. The molecule has 1 heterocycles. The van der Waals surface area contributed by atoms with E-state index in [1.165, 1.54) is 32.4 Å². The molecule has 1 aliphatic rings. The van der Waals surface area contributed by atoms with Gasteiger partial charge in [0.2, 0.25) is 5.91 Å². The van der Waals surface area contributed by atoms with Crippen LogP contribution in [0.1, 0.15) is 60.7 Å². The van der Waals surface area contributed by atoms with Crippen LogP contribution >= 0.6 is 0 Å². The number of nitrogen functional groups attached to an aromatic ring is 2. The number of ether oxygens (including phenoxy) is 4. The van der Waals surface area contributed by atoms with Crippen LogP contribution in [0.4, 0.5) is 27.5 Å². The van der Waals surface area contributed by atoms with Gasteiger partial charge in [0.25, 0.3) is 0 Å². The summed E-state index contributed by atoms with van der Waals surface area (Å²) in [6.07, 6.45) is 5.93. The van der Waals surface area contributed by atoms with Crippen molar-refractivity contribution < 1.29 is 33.3 Å². The number of likely N-dealkylation sites (tertiary alicyclic amines) is 1. The molecule has 47 heavy (non-hydrogen) atoms. The molecule has 1 saturated heterocycles. The minimum atomic E-state index is -0.633. The molecule has 0 bridgehead atoms. The lowest BCUT2D eigenvalue weighted by Gasteiger charge is -2.33. The zero-order valence-electron chi connectivity index (χ0n) is 27.7. The van der Waals surface area contributed by atoms with Crippen LogP contribution in [0.5, 0.6) is 11.5 Å². The fourth-order valence-corrected chi connectivity index (χ4v) is 4.90. The quantitative estimate of drug-likeness (QED) is 0.0954. The molecule has 2 aromatic carbocycles. The zero-order valence-corrected chi connectivity index (χ0v) is 27.7. The van der Waals surface area contributed by atoms with Gasteiger partial charge in [-0.3, -0.25) is 4.79 Å². The molecule has 3 rings (SSSR count). The SMILES string of the molecule is COC(=O)c1cc(N)c(NC/C=C/CNc2c(N)cc(C(N)=O)cc2OCC#CCC2CCCN(C(=O)OC(C)(C)C)C2)c(OC)c1. The number of nitrogens with zero attached hydrogens (tertiary/aromatic N) is 1. The van der Waals surface area contributed by atoms with Crippen LogP contribution in [0.15, 0.2) is 36.4 Å². The van der Waals surface area contributed by atoms with E-state index < -0.39 is 17.5 Å². The van der Waals surface area contributed by atoms with Gasteiger partial charge in [0.05, 0.1) is 31.2 Å². The minimum absolute atomic E-state index is 0.0661. The van der Waals surface area contributed by atoms with E-state index in [1.54, 1.807) is 11.0 Å². The van der Waals surface area contributed by atoms with E-state index in [0.29, 0.717) is 66.8 Å². The summed E-state index contributed by atoms with van der Waals surface area (Å²) in [5.74, 6) is 6.02. The van der Waals surface area contributed by atoms with Crippen LogP contribution in [-0.2, 0) is 9.47 Å². The zero-order chi connectivity index (χ0) is 34.6. The van der Waals surface area contributed by atoms with Crippen LogP contribution in [0.3, 0.4) is 0 Å². The van der Waals surface area contributed by atoms with E-state index in [1.807, 2.05) is 32.9 Å².